The minimum atomic E-state index is 0.750. The number of hydrogen-bond donors (Lipinski definition) is 1. The SMILES string of the molecule is CNc1cc(Cc2ccc(Cl)cc2)c(OC)c(-c2ccccc2)c1. The van der Waals surface area contributed by atoms with Gasteiger partial charge in [0.15, 0.2) is 0 Å². The molecule has 0 unspecified atom stereocenters. The summed E-state index contributed by atoms with van der Waals surface area (Å²) in [5.41, 5.74) is 5.65. The van der Waals surface area contributed by atoms with Gasteiger partial charge in [0.1, 0.15) is 5.75 Å². The summed E-state index contributed by atoms with van der Waals surface area (Å²) >= 11 is 5.99. The molecule has 122 valence electrons. The van der Waals surface area contributed by atoms with Crippen LogP contribution >= 0.6 is 11.6 Å². The normalized spacial score (nSPS) is 10.5. The number of benzene rings is 3. The van der Waals surface area contributed by atoms with Crippen LogP contribution in [0.2, 0.25) is 5.02 Å². The highest BCUT2D eigenvalue weighted by atomic mass is 35.5. The van der Waals surface area contributed by atoms with Crippen LogP contribution in [0.3, 0.4) is 0 Å². The average Bonchev–Trinajstić information content (AvgIpc) is 2.63. The number of methoxy groups -OCH3 is 1. The summed E-state index contributed by atoms with van der Waals surface area (Å²) in [7, 11) is 3.66. The van der Waals surface area contributed by atoms with Crippen LogP contribution in [0.5, 0.6) is 5.75 Å². The molecule has 24 heavy (non-hydrogen) atoms. The van der Waals surface area contributed by atoms with E-state index in [0.717, 1.165) is 39.6 Å². The van der Waals surface area contributed by atoms with Crippen molar-refractivity contribution in [1.29, 1.82) is 0 Å². The molecular weight excluding hydrogens is 318 g/mol. The molecule has 3 heteroatoms. The van der Waals surface area contributed by atoms with Crippen LogP contribution in [0.1, 0.15) is 11.1 Å². The molecule has 0 aliphatic heterocycles. The summed E-state index contributed by atoms with van der Waals surface area (Å²) < 4.78 is 5.77. The molecule has 0 saturated carbocycles. The molecule has 3 aromatic rings. The summed E-state index contributed by atoms with van der Waals surface area (Å²) in [5, 5.41) is 4.00. The molecular formula is C21H20ClNO. The number of hydrogen-bond acceptors (Lipinski definition) is 2. The standard InChI is InChI=1S/C21H20ClNO/c1-23-19-13-17(12-15-8-10-18(22)11-9-15)21(24-2)20(14-19)16-6-4-3-5-7-16/h3-11,13-14,23H,12H2,1-2H3. The molecule has 0 fully saturated rings. The fourth-order valence-corrected chi connectivity index (χ4v) is 2.99. The summed E-state index contributed by atoms with van der Waals surface area (Å²) in [5.74, 6) is 0.912. The second-order valence-electron chi connectivity index (χ2n) is 5.64. The second kappa shape index (κ2) is 7.41. The lowest BCUT2D eigenvalue weighted by Gasteiger charge is -2.16. The predicted octanol–water partition coefficient (Wildman–Crippen LogP) is 5.65. The van der Waals surface area contributed by atoms with E-state index in [1.54, 1.807) is 7.11 Å². The highest BCUT2D eigenvalue weighted by Gasteiger charge is 2.13. The van der Waals surface area contributed by atoms with Crippen LogP contribution < -0.4 is 10.1 Å². The molecule has 0 spiro atoms. The lowest BCUT2D eigenvalue weighted by atomic mass is 9.96. The smallest absolute Gasteiger partial charge is 0.130 e. The summed E-state index contributed by atoms with van der Waals surface area (Å²) in [4.78, 5) is 0. The van der Waals surface area contributed by atoms with Crippen LogP contribution in [-0.2, 0) is 6.42 Å². The molecule has 3 rings (SSSR count). The lowest BCUT2D eigenvalue weighted by Crippen LogP contribution is -1.99. The third-order valence-electron chi connectivity index (χ3n) is 4.05. The van der Waals surface area contributed by atoms with E-state index < -0.39 is 0 Å². The Hall–Kier alpha value is -2.45. The van der Waals surface area contributed by atoms with Gasteiger partial charge in [-0.1, -0.05) is 54.1 Å². The molecule has 0 heterocycles. The zero-order valence-electron chi connectivity index (χ0n) is 13.8. The first-order valence-corrected chi connectivity index (χ1v) is 8.27. The quantitative estimate of drug-likeness (QED) is 0.649. The van der Waals surface area contributed by atoms with Gasteiger partial charge in [-0.3, -0.25) is 0 Å². The Kier molecular flexibility index (Phi) is 5.07. The minimum Gasteiger partial charge on any atom is -0.496 e. The van der Waals surface area contributed by atoms with E-state index in [0.29, 0.717) is 0 Å². The van der Waals surface area contributed by atoms with E-state index in [2.05, 4.69) is 41.7 Å². The molecule has 3 aromatic carbocycles. The van der Waals surface area contributed by atoms with Gasteiger partial charge < -0.3 is 10.1 Å². The third kappa shape index (κ3) is 3.55. The molecule has 2 nitrogen and oxygen atoms in total. The number of halogens is 1. The van der Waals surface area contributed by atoms with Gasteiger partial charge >= 0.3 is 0 Å². The van der Waals surface area contributed by atoms with Gasteiger partial charge in [0.2, 0.25) is 0 Å². The Balaban J connectivity index is 2.09. The topological polar surface area (TPSA) is 21.3 Å². The van der Waals surface area contributed by atoms with Gasteiger partial charge in [0.05, 0.1) is 7.11 Å². The molecule has 0 aliphatic rings. The third-order valence-corrected chi connectivity index (χ3v) is 4.30. The summed E-state index contributed by atoms with van der Waals surface area (Å²) in [6.45, 7) is 0. The van der Waals surface area contributed by atoms with Gasteiger partial charge in [-0.15, -0.1) is 0 Å². The average molecular weight is 338 g/mol. The largest absolute Gasteiger partial charge is 0.496 e. The van der Waals surface area contributed by atoms with Crippen LogP contribution in [-0.4, -0.2) is 14.2 Å². The molecule has 0 bridgehead atoms. The van der Waals surface area contributed by atoms with E-state index in [9.17, 15) is 0 Å². The molecule has 0 aliphatic carbocycles. The van der Waals surface area contributed by atoms with Gasteiger partial charge in [-0.2, -0.15) is 0 Å². The molecule has 0 aromatic heterocycles. The molecule has 0 radical (unpaired) electrons. The zero-order valence-corrected chi connectivity index (χ0v) is 14.6. The zero-order chi connectivity index (χ0) is 16.9. The second-order valence-corrected chi connectivity index (χ2v) is 6.07. The minimum absolute atomic E-state index is 0.750. The van der Waals surface area contributed by atoms with Crippen molar-refractivity contribution < 1.29 is 4.74 Å². The maximum atomic E-state index is 5.99. The maximum Gasteiger partial charge on any atom is 0.130 e. The summed E-state index contributed by atoms with van der Waals surface area (Å²) in [6.07, 6.45) is 0.787. The highest BCUT2D eigenvalue weighted by Crippen LogP contribution is 2.37. The van der Waals surface area contributed by atoms with E-state index >= 15 is 0 Å². The first-order valence-electron chi connectivity index (χ1n) is 7.90. The van der Waals surface area contributed by atoms with Crippen molar-refractivity contribution in [2.75, 3.05) is 19.5 Å². The number of ether oxygens (including phenoxy) is 1. The fraction of sp³-hybridized carbons (Fsp3) is 0.143. The Morgan fingerprint density at radius 1 is 0.958 bits per heavy atom. The van der Waals surface area contributed by atoms with E-state index in [1.807, 2.05) is 37.4 Å². The van der Waals surface area contributed by atoms with Gasteiger partial charge in [0.25, 0.3) is 0 Å². The van der Waals surface area contributed by atoms with Gasteiger partial charge in [-0.25, -0.2) is 0 Å². The Bertz CT molecular complexity index is 813. The maximum absolute atomic E-state index is 5.99. The first kappa shape index (κ1) is 16.4. The monoisotopic (exact) mass is 337 g/mol. The summed E-state index contributed by atoms with van der Waals surface area (Å²) in [6, 6.07) is 22.5. The van der Waals surface area contributed by atoms with Crippen LogP contribution in [0.4, 0.5) is 5.69 Å². The number of rotatable bonds is 5. The molecule has 0 amide bonds. The van der Waals surface area contributed by atoms with Crippen molar-refractivity contribution >= 4 is 17.3 Å². The van der Waals surface area contributed by atoms with Crippen molar-refractivity contribution in [2.24, 2.45) is 0 Å². The van der Waals surface area contributed by atoms with Crippen molar-refractivity contribution in [1.82, 2.24) is 0 Å². The van der Waals surface area contributed by atoms with E-state index in [4.69, 9.17) is 16.3 Å². The number of anilines is 1. The van der Waals surface area contributed by atoms with Crippen LogP contribution in [0, 0.1) is 0 Å². The Morgan fingerprint density at radius 2 is 1.67 bits per heavy atom. The van der Waals surface area contributed by atoms with Crippen molar-refractivity contribution in [2.45, 2.75) is 6.42 Å². The van der Waals surface area contributed by atoms with E-state index in [-0.39, 0.29) is 0 Å². The number of nitrogens with one attached hydrogen (secondary N) is 1. The predicted molar refractivity (Wildman–Crippen MR) is 102 cm³/mol. The fourth-order valence-electron chi connectivity index (χ4n) is 2.86. The molecule has 1 N–H and O–H groups in total. The molecule has 0 atom stereocenters. The molecule has 0 saturated heterocycles. The lowest BCUT2D eigenvalue weighted by molar-refractivity contribution is 0.412. The van der Waals surface area contributed by atoms with Gasteiger partial charge in [-0.05, 0) is 35.4 Å². The highest BCUT2D eigenvalue weighted by molar-refractivity contribution is 6.30. The van der Waals surface area contributed by atoms with Crippen molar-refractivity contribution in [3.8, 4) is 16.9 Å². The van der Waals surface area contributed by atoms with Crippen molar-refractivity contribution in [3.05, 3.63) is 82.9 Å². The first-order chi connectivity index (χ1) is 11.7. The Labute approximate surface area is 148 Å². The van der Waals surface area contributed by atoms with Crippen LogP contribution in [0.25, 0.3) is 11.1 Å². The Morgan fingerprint density at radius 3 is 2.29 bits per heavy atom. The van der Waals surface area contributed by atoms with Crippen molar-refractivity contribution in [3.63, 3.8) is 0 Å². The van der Waals surface area contributed by atoms with Crippen LogP contribution in [0.15, 0.2) is 66.7 Å². The van der Waals surface area contributed by atoms with Gasteiger partial charge in [0, 0.05) is 35.3 Å². The van der Waals surface area contributed by atoms with E-state index in [1.165, 1.54) is 5.56 Å².